The number of benzene rings is 1. The van der Waals surface area contributed by atoms with Gasteiger partial charge in [0.2, 0.25) is 5.91 Å². The van der Waals surface area contributed by atoms with E-state index < -0.39 is 33.6 Å². The zero-order chi connectivity index (χ0) is 21.1. The van der Waals surface area contributed by atoms with Crippen molar-refractivity contribution >= 4 is 38.2 Å². The summed E-state index contributed by atoms with van der Waals surface area (Å²) >= 11 is 1.10. The standard InChI is InChI=1S/C17H21FN4O4S2/c1-4-5-12(15(19)23)21-16(24)22-17-20-9(2)14(27-17)10-6-7-13(11(18)8-10)28(3,25)26/h6-8,12H,4-5H2,1-3H3,(H2,19,23)(H2,20,21,22,24). The molecule has 1 unspecified atom stereocenters. The summed E-state index contributed by atoms with van der Waals surface area (Å²) in [6.07, 6.45) is 2.02. The Labute approximate surface area is 166 Å². The van der Waals surface area contributed by atoms with E-state index in [9.17, 15) is 22.4 Å². The number of nitrogens with zero attached hydrogens (tertiary/aromatic N) is 1. The van der Waals surface area contributed by atoms with Crippen LogP contribution in [0.4, 0.5) is 14.3 Å². The molecule has 11 heteroatoms. The number of hydrogen-bond donors (Lipinski definition) is 3. The maximum Gasteiger partial charge on any atom is 0.321 e. The molecule has 4 N–H and O–H groups in total. The number of primary amides is 1. The second-order valence-electron chi connectivity index (χ2n) is 6.19. The second-order valence-corrected chi connectivity index (χ2v) is 9.18. The molecule has 1 heterocycles. The Kier molecular flexibility index (Phi) is 6.73. The number of anilines is 1. The molecule has 0 saturated carbocycles. The monoisotopic (exact) mass is 428 g/mol. The first-order chi connectivity index (χ1) is 13.0. The molecule has 2 rings (SSSR count). The fraction of sp³-hybridized carbons (Fsp3) is 0.353. The zero-order valence-electron chi connectivity index (χ0n) is 15.6. The fourth-order valence-corrected chi connectivity index (χ4v) is 4.21. The molecule has 3 amide bonds. The Morgan fingerprint density at radius 2 is 2.04 bits per heavy atom. The van der Waals surface area contributed by atoms with Gasteiger partial charge in [-0.05, 0) is 31.0 Å². The van der Waals surface area contributed by atoms with Crippen molar-refractivity contribution in [2.75, 3.05) is 11.6 Å². The quantitative estimate of drug-likeness (QED) is 0.623. The smallest absolute Gasteiger partial charge is 0.321 e. The van der Waals surface area contributed by atoms with E-state index in [0.717, 1.165) is 23.7 Å². The third kappa shape index (κ3) is 5.26. The van der Waals surface area contributed by atoms with Crippen molar-refractivity contribution in [3.63, 3.8) is 0 Å². The van der Waals surface area contributed by atoms with Crippen LogP contribution in [0.25, 0.3) is 10.4 Å². The van der Waals surface area contributed by atoms with Gasteiger partial charge in [-0.15, -0.1) is 0 Å². The molecule has 1 aromatic carbocycles. The highest BCUT2D eigenvalue weighted by Gasteiger charge is 2.20. The van der Waals surface area contributed by atoms with E-state index in [-0.39, 0.29) is 10.0 Å². The summed E-state index contributed by atoms with van der Waals surface area (Å²) in [5, 5.41) is 5.26. The van der Waals surface area contributed by atoms with E-state index in [1.54, 1.807) is 6.92 Å². The number of aryl methyl sites for hydroxylation is 1. The number of carbonyl (C=O) groups is 2. The van der Waals surface area contributed by atoms with Crippen molar-refractivity contribution in [3.8, 4) is 10.4 Å². The number of thiazole rings is 1. The van der Waals surface area contributed by atoms with Gasteiger partial charge >= 0.3 is 6.03 Å². The third-order valence-corrected chi connectivity index (χ3v) is 6.09. The van der Waals surface area contributed by atoms with E-state index in [1.165, 1.54) is 12.1 Å². The van der Waals surface area contributed by atoms with Gasteiger partial charge in [0.1, 0.15) is 16.8 Å². The lowest BCUT2D eigenvalue weighted by Crippen LogP contribution is -2.46. The highest BCUT2D eigenvalue weighted by Crippen LogP contribution is 2.34. The van der Waals surface area contributed by atoms with Crippen molar-refractivity contribution in [3.05, 3.63) is 29.7 Å². The number of urea groups is 1. The molecule has 0 saturated heterocycles. The minimum absolute atomic E-state index is 0.248. The minimum atomic E-state index is -3.67. The van der Waals surface area contributed by atoms with Gasteiger partial charge in [-0.25, -0.2) is 22.6 Å². The first-order valence-electron chi connectivity index (χ1n) is 8.37. The fourth-order valence-electron chi connectivity index (χ4n) is 2.53. The van der Waals surface area contributed by atoms with Crippen LogP contribution in [0.15, 0.2) is 23.1 Å². The Morgan fingerprint density at radius 1 is 1.36 bits per heavy atom. The lowest BCUT2D eigenvalue weighted by molar-refractivity contribution is -0.119. The van der Waals surface area contributed by atoms with Crippen LogP contribution in [0, 0.1) is 12.7 Å². The number of halogens is 1. The van der Waals surface area contributed by atoms with Crippen LogP contribution in [0.5, 0.6) is 0 Å². The number of amides is 3. The molecule has 8 nitrogen and oxygen atoms in total. The molecule has 0 aliphatic rings. The van der Waals surface area contributed by atoms with Gasteiger partial charge < -0.3 is 11.1 Å². The lowest BCUT2D eigenvalue weighted by Gasteiger charge is -2.14. The Morgan fingerprint density at radius 3 is 2.57 bits per heavy atom. The molecular weight excluding hydrogens is 407 g/mol. The normalized spacial score (nSPS) is 12.4. The number of sulfone groups is 1. The van der Waals surface area contributed by atoms with Gasteiger partial charge in [-0.1, -0.05) is 30.7 Å². The third-order valence-electron chi connectivity index (χ3n) is 3.84. The van der Waals surface area contributed by atoms with Crippen molar-refractivity contribution in [1.82, 2.24) is 10.3 Å². The first kappa shape index (κ1) is 21.8. The summed E-state index contributed by atoms with van der Waals surface area (Å²) in [5.41, 5.74) is 6.23. The van der Waals surface area contributed by atoms with Crippen molar-refractivity contribution in [1.29, 1.82) is 0 Å². The van der Waals surface area contributed by atoms with Crippen LogP contribution in [-0.2, 0) is 14.6 Å². The van der Waals surface area contributed by atoms with Gasteiger partial charge in [-0.3, -0.25) is 10.1 Å². The molecule has 0 fully saturated rings. The highest BCUT2D eigenvalue weighted by atomic mass is 32.2. The molecular formula is C17H21FN4O4S2. The van der Waals surface area contributed by atoms with E-state index in [1.807, 2.05) is 6.92 Å². The van der Waals surface area contributed by atoms with Gasteiger partial charge in [0, 0.05) is 6.26 Å². The maximum atomic E-state index is 14.2. The van der Waals surface area contributed by atoms with Crippen LogP contribution in [0.3, 0.4) is 0 Å². The Hall–Kier alpha value is -2.53. The molecule has 2 aromatic rings. The Balaban J connectivity index is 2.20. The van der Waals surface area contributed by atoms with Crippen LogP contribution >= 0.6 is 11.3 Å². The average molecular weight is 429 g/mol. The molecule has 152 valence electrons. The van der Waals surface area contributed by atoms with Crippen LogP contribution < -0.4 is 16.4 Å². The molecule has 0 radical (unpaired) electrons. The van der Waals surface area contributed by atoms with Gasteiger partial charge in [-0.2, -0.15) is 0 Å². The number of hydrogen-bond acceptors (Lipinski definition) is 6. The summed E-state index contributed by atoms with van der Waals surface area (Å²) in [6, 6.07) is 2.37. The summed E-state index contributed by atoms with van der Waals surface area (Å²) in [6.45, 7) is 3.54. The van der Waals surface area contributed by atoms with Crippen LogP contribution in [0.1, 0.15) is 25.5 Å². The predicted molar refractivity (Wildman–Crippen MR) is 105 cm³/mol. The largest absolute Gasteiger partial charge is 0.368 e. The average Bonchev–Trinajstić information content (AvgIpc) is 2.93. The molecule has 0 spiro atoms. The maximum absolute atomic E-state index is 14.2. The molecule has 0 bridgehead atoms. The lowest BCUT2D eigenvalue weighted by atomic mass is 10.1. The van der Waals surface area contributed by atoms with Crippen molar-refractivity contribution < 1.29 is 22.4 Å². The Bertz CT molecular complexity index is 1000. The van der Waals surface area contributed by atoms with E-state index in [4.69, 9.17) is 5.73 Å². The second kappa shape index (κ2) is 8.65. The summed E-state index contributed by atoms with van der Waals surface area (Å²) in [5.74, 6) is -1.49. The number of rotatable bonds is 7. The van der Waals surface area contributed by atoms with E-state index in [0.29, 0.717) is 29.0 Å². The van der Waals surface area contributed by atoms with Crippen LogP contribution in [0.2, 0.25) is 0 Å². The van der Waals surface area contributed by atoms with Gasteiger partial charge in [0.05, 0.1) is 10.6 Å². The van der Waals surface area contributed by atoms with Gasteiger partial charge in [0.15, 0.2) is 15.0 Å². The van der Waals surface area contributed by atoms with Crippen molar-refractivity contribution in [2.45, 2.75) is 37.6 Å². The number of aromatic nitrogens is 1. The van der Waals surface area contributed by atoms with Crippen LogP contribution in [-0.4, -0.2) is 37.6 Å². The summed E-state index contributed by atoms with van der Waals surface area (Å²) < 4.78 is 37.2. The molecule has 0 aliphatic heterocycles. The highest BCUT2D eigenvalue weighted by molar-refractivity contribution is 7.90. The SMILES string of the molecule is CCCC(NC(=O)Nc1nc(C)c(-c2ccc(S(C)(=O)=O)c(F)c2)s1)C(N)=O. The zero-order valence-corrected chi connectivity index (χ0v) is 17.2. The first-order valence-corrected chi connectivity index (χ1v) is 11.1. The summed E-state index contributed by atoms with van der Waals surface area (Å²) in [4.78, 5) is 27.8. The van der Waals surface area contributed by atoms with E-state index >= 15 is 0 Å². The topological polar surface area (TPSA) is 131 Å². The predicted octanol–water partition coefficient (Wildman–Crippen LogP) is 2.44. The summed E-state index contributed by atoms with van der Waals surface area (Å²) in [7, 11) is -3.67. The molecule has 1 atom stereocenters. The molecule has 1 aromatic heterocycles. The minimum Gasteiger partial charge on any atom is -0.368 e. The van der Waals surface area contributed by atoms with E-state index in [2.05, 4.69) is 15.6 Å². The number of carbonyl (C=O) groups excluding carboxylic acids is 2. The van der Waals surface area contributed by atoms with Gasteiger partial charge in [0.25, 0.3) is 0 Å². The molecule has 0 aliphatic carbocycles. The number of nitrogens with two attached hydrogens (primary N) is 1. The number of nitrogens with one attached hydrogen (secondary N) is 2. The van der Waals surface area contributed by atoms with Crippen molar-refractivity contribution in [2.24, 2.45) is 5.73 Å². The molecule has 28 heavy (non-hydrogen) atoms.